The van der Waals surface area contributed by atoms with E-state index < -0.39 is 18.1 Å². The van der Waals surface area contributed by atoms with Gasteiger partial charge in [0.15, 0.2) is 0 Å². The molecule has 1 aliphatic heterocycles. The minimum Gasteiger partial charge on any atom is -0.497 e. The third-order valence-corrected chi connectivity index (χ3v) is 4.98. The predicted octanol–water partition coefficient (Wildman–Crippen LogP) is 5.47. The fraction of sp³-hybridized carbons (Fsp3) is 0.381. The first-order chi connectivity index (χ1) is 13.3. The van der Waals surface area contributed by atoms with Crippen LogP contribution in [-0.2, 0) is 0 Å². The molecule has 2 aromatic carbocycles. The summed E-state index contributed by atoms with van der Waals surface area (Å²) in [6.07, 6.45) is -4.24. The van der Waals surface area contributed by atoms with Crippen LogP contribution in [0.25, 0.3) is 0 Å². The maximum Gasteiger partial charge on any atom is 0.393 e. The second-order valence-electron chi connectivity index (χ2n) is 6.87. The lowest BCUT2D eigenvalue weighted by Crippen LogP contribution is -2.30. The molecule has 0 bridgehead atoms. The number of anilines is 1. The number of benzene rings is 2. The number of rotatable bonds is 5. The van der Waals surface area contributed by atoms with E-state index in [1.54, 1.807) is 48.4 Å². The molecular formula is C21H21F3N2O2. The fourth-order valence-corrected chi connectivity index (χ4v) is 3.46. The van der Waals surface area contributed by atoms with Gasteiger partial charge < -0.3 is 14.4 Å². The number of nitriles is 1. The van der Waals surface area contributed by atoms with Gasteiger partial charge in [-0.05, 0) is 61.4 Å². The summed E-state index contributed by atoms with van der Waals surface area (Å²) in [6.45, 7) is 1.77. The predicted molar refractivity (Wildman–Crippen MR) is 99.8 cm³/mol. The summed E-state index contributed by atoms with van der Waals surface area (Å²) in [5.74, 6) is 0.579. The zero-order valence-electron chi connectivity index (χ0n) is 15.7. The smallest absolute Gasteiger partial charge is 0.393 e. The van der Waals surface area contributed by atoms with E-state index >= 15 is 0 Å². The average molecular weight is 390 g/mol. The van der Waals surface area contributed by atoms with Crippen LogP contribution in [0.3, 0.4) is 0 Å². The molecule has 0 radical (unpaired) electrons. The highest BCUT2D eigenvalue weighted by Crippen LogP contribution is 2.40. The van der Waals surface area contributed by atoms with Crippen LogP contribution < -0.4 is 14.4 Å². The molecule has 4 nitrogen and oxygen atoms in total. The highest BCUT2D eigenvalue weighted by atomic mass is 19.4. The van der Waals surface area contributed by atoms with Gasteiger partial charge in [0.1, 0.15) is 17.2 Å². The van der Waals surface area contributed by atoms with Crippen molar-refractivity contribution in [2.45, 2.75) is 32.0 Å². The van der Waals surface area contributed by atoms with E-state index in [2.05, 4.69) is 0 Å². The van der Waals surface area contributed by atoms with Crippen molar-refractivity contribution in [3.05, 3.63) is 48.0 Å². The molecule has 0 spiro atoms. The monoisotopic (exact) mass is 390 g/mol. The third-order valence-electron chi connectivity index (χ3n) is 4.98. The molecule has 0 aromatic heterocycles. The van der Waals surface area contributed by atoms with Gasteiger partial charge in [-0.25, -0.2) is 0 Å². The summed E-state index contributed by atoms with van der Waals surface area (Å²) in [6, 6.07) is 13.9. The summed E-state index contributed by atoms with van der Waals surface area (Å²) in [7, 11) is 1.59. The van der Waals surface area contributed by atoms with Crippen molar-refractivity contribution in [2.75, 3.05) is 18.6 Å². The van der Waals surface area contributed by atoms with E-state index in [0.29, 0.717) is 17.2 Å². The molecule has 2 atom stereocenters. The van der Waals surface area contributed by atoms with E-state index in [1.807, 2.05) is 19.1 Å². The molecule has 0 N–H and O–H groups in total. The molecule has 0 amide bonds. The van der Waals surface area contributed by atoms with Gasteiger partial charge in [0, 0.05) is 18.3 Å². The quantitative estimate of drug-likeness (QED) is 0.679. The SMILES string of the molecule is COc1ccc(Oc2ccc(N3C[C@@H](C(F)(F)F)C[C@H]3CC#N)cc2)c(C)c1. The van der Waals surface area contributed by atoms with Crippen LogP contribution >= 0.6 is 0 Å². The van der Waals surface area contributed by atoms with Crippen LogP contribution in [0.1, 0.15) is 18.4 Å². The zero-order chi connectivity index (χ0) is 20.3. The number of hydrogen-bond donors (Lipinski definition) is 0. The molecule has 1 heterocycles. The van der Waals surface area contributed by atoms with Gasteiger partial charge >= 0.3 is 6.18 Å². The van der Waals surface area contributed by atoms with Gasteiger partial charge in [-0.3, -0.25) is 0 Å². The number of ether oxygens (including phenoxy) is 2. The molecule has 2 aromatic rings. The molecule has 0 saturated carbocycles. The number of hydrogen-bond acceptors (Lipinski definition) is 4. The van der Waals surface area contributed by atoms with Crippen molar-refractivity contribution < 1.29 is 22.6 Å². The number of halogens is 3. The van der Waals surface area contributed by atoms with E-state index in [1.165, 1.54) is 0 Å². The van der Waals surface area contributed by atoms with Crippen molar-refractivity contribution in [3.63, 3.8) is 0 Å². The van der Waals surface area contributed by atoms with Gasteiger partial charge in [-0.15, -0.1) is 0 Å². The van der Waals surface area contributed by atoms with Crippen LogP contribution in [0.5, 0.6) is 17.2 Å². The highest BCUT2D eigenvalue weighted by molar-refractivity contribution is 5.52. The lowest BCUT2D eigenvalue weighted by Gasteiger charge is -2.25. The first-order valence-corrected chi connectivity index (χ1v) is 8.94. The Bertz CT molecular complexity index is 859. The van der Waals surface area contributed by atoms with Gasteiger partial charge in [-0.1, -0.05) is 0 Å². The number of nitrogens with zero attached hydrogens (tertiary/aromatic N) is 2. The summed E-state index contributed by atoms with van der Waals surface area (Å²) in [5, 5.41) is 8.97. The van der Waals surface area contributed by atoms with Gasteiger partial charge in [0.25, 0.3) is 0 Å². The third kappa shape index (κ3) is 4.33. The van der Waals surface area contributed by atoms with E-state index in [-0.39, 0.29) is 19.4 Å². The van der Waals surface area contributed by atoms with Gasteiger partial charge in [0.05, 0.1) is 25.5 Å². The molecule has 28 heavy (non-hydrogen) atoms. The van der Waals surface area contributed by atoms with Crippen LogP contribution in [-0.4, -0.2) is 25.9 Å². The maximum atomic E-state index is 13.1. The zero-order valence-corrected chi connectivity index (χ0v) is 15.7. The number of methoxy groups -OCH3 is 1. The standard InChI is InChI=1S/C21H21F3N2O2/c1-14-11-19(27-2)7-8-20(14)28-18-5-3-16(4-6-18)26-13-15(21(22,23)24)12-17(26)9-10-25/h3-8,11,15,17H,9,12-13H2,1-2H3/t15-,17+/m0/s1. The lowest BCUT2D eigenvalue weighted by atomic mass is 10.0. The Labute approximate surface area is 162 Å². The van der Waals surface area contributed by atoms with E-state index in [4.69, 9.17) is 14.7 Å². The van der Waals surface area contributed by atoms with E-state index in [9.17, 15) is 13.2 Å². The first-order valence-electron chi connectivity index (χ1n) is 8.94. The fourth-order valence-electron chi connectivity index (χ4n) is 3.46. The minimum atomic E-state index is -4.25. The summed E-state index contributed by atoms with van der Waals surface area (Å²) >= 11 is 0. The van der Waals surface area contributed by atoms with Gasteiger partial charge in [0.2, 0.25) is 0 Å². The van der Waals surface area contributed by atoms with Crippen molar-refractivity contribution in [2.24, 2.45) is 5.92 Å². The number of alkyl halides is 3. The first kappa shape index (κ1) is 19.9. The Hall–Kier alpha value is -2.88. The molecule has 1 fully saturated rings. The van der Waals surface area contributed by atoms with Crippen LogP contribution in [0.4, 0.5) is 18.9 Å². The molecule has 148 valence electrons. The summed E-state index contributed by atoms with van der Waals surface area (Å²) < 4.78 is 50.4. The summed E-state index contributed by atoms with van der Waals surface area (Å²) in [4.78, 5) is 1.67. The van der Waals surface area contributed by atoms with Crippen LogP contribution in [0, 0.1) is 24.2 Å². The summed E-state index contributed by atoms with van der Waals surface area (Å²) in [5.41, 5.74) is 1.57. The number of aryl methyl sites for hydroxylation is 1. The second kappa shape index (κ2) is 8.01. The van der Waals surface area contributed by atoms with Crippen molar-refractivity contribution in [1.82, 2.24) is 0 Å². The molecule has 3 rings (SSSR count). The Morgan fingerprint density at radius 2 is 1.82 bits per heavy atom. The van der Waals surface area contributed by atoms with Gasteiger partial charge in [-0.2, -0.15) is 18.4 Å². The molecule has 0 unspecified atom stereocenters. The molecule has 7 heteroatoms. The molecule has 1 aliphatic rings. The normalized spacial score (nSPS) is 19.4. The second-order valence-corrected chi connectivity index (χ2v) is 6.87. The van der Waals surface area contributed by atoms with Crippen molar-refractivity contribution >= 4 is 5.69 Å². The minimum absolute atomic E-state index is 0.0552. The van der Waals surface area contributed by atoms with Crippen LogP contribution in [0.2, 0.25) is 0 Å². The van der Waals surface area contributed by atoms with E-state index in [0.717, 1.165) is 11.3 Å². The van der Waals surface area contributed by atoms with Crippen molar-refractivity contribution in [3.8, 4) is 23.3 Å². The van der Waals surface area contributed by atoms with Crippen LogP contribution in [0.15, 0.2) is 42.5 Å². The Morgan fingerprint density at radius 3 is 2.39 bits per heavy atom. The Kier molecular flexibility index (Phi) is 5.68. The highest BCUT2D eigenvalue weighted by Gasteiger charge is 2.47. The molecule has 0 aliphatic carbocycles. The lowest BCUT2D eigenvalue weighted by molar-refractivity contribution is -0.168. The van der Waals surface area contributed by atoms with Crippen molar-refractivity contribution in [1.29, 1.82) is 5.26 Å². The Balaban J connectivity index is 1.75. The largest absolute Gasteiger partial charge is 0.497 e. The topological polar surface area (TPSA) is 45.5 Å². The average Bonchev–Trinajstić information content (AvgIpc) is 3.09. The Morgan fingerprint density at radius 1 is 1.14 bits per heavy atom. The maximum absolute atomic E-state index is 13.1. The molecular weight excluding hydrogens is 369 g/mol. The molecule has 1 saturated heterocycles.